The van der Waals surface area contributed by atoms with Gasteiger partial charge in [-0.25, -0.2) is 0 Å². The molecule has 0 fully saturated rings. The number of rotatable bonds is 4. The summed E-state index contributed by atoms with van der Waals surface area (Å²) in [6.45, 7) is 3.42. The Hall–Kier alpha value is -0.860. The van der Waals surface area contributed by atoms with E-state index in [1.54, 1.807) is 0 Å². The maximum absolute atomic E-state index is 9.16. The van der Waals surface area contributed by atoms with E-state index in [9.17, 15) is 0 Å². The van der Waals surface area contributed by atoms with E-state index < -0.39 is 0 Å². The van der Waals surface area contributed by atoms with Crippen LogP contribution in [0.2, 0.25) is 0 Å². The molecule has 0 saturated carbocycles. The molecule has 0 heterocycles. The first-order chi connectivity index (χ1) is 6.18. The highest BCUT2D eigenvalue weighted by Crippen LogP contribution is 2.02. The molecule has 1 rings (SSSR count). The summed E-state index contributed by atoms with van der Waals surface area (Å²) in [6, 6.07) is 10.3. The Labute approximate surface area is 79.8 Å². The van der Waals surface area contributed by atoms with Gasteiger partial charge in [-0.05, 0) is 19.5 Å². The van der Waals surface area contributed by atoms with E-state index in [4.69, 9.17) is 5.11 Å². The monoisotopic (exact) mass is 179 g/mol. The molecule has 1 aromatic rings. The molecule has 13 heavy (non-hydrogen) atoms. The standard InChI is InChI=1S/C11H17NO/c1-10(13)8-12(2)9-11-6-4-3-5-7-11/h3-7,10,13H,8-9H2,1-2H3/t10-/m1/s1. The van der Waals surface area contributed by atoms with Crippen LogP contribution in [-0.2, 0) is 6.54 Å². The first-order valence-electron chi connectivity index (χ1n) is 4.59. The Kier molecular flexibility index (Phi) is 3.93. The third-order valence-corrected chi connectivity index (χ3v) is 1.87. The molecule has 1 N–H and O–H groups in total. The van der Waals surface area contributed by atoms with E-state index >= 15 is 0 Å². The molecule has 2 nitrogen and oxygen atoms in total. The third kappa shape index (κ3) is 4.06. The molecule has 0 aliphatic carbocycles. The molecule has 72 valence electrons. The van der Waals surface area contributed by atoms with Crippen molar-refractivity contribution in [2.45, 2.75) is 19.6 Å². The smallest absolute Gasteiger partial charge is 0.0639 e. The van der Waals surface area contributed by atoms with Crippen molar-refractivity contribution in [1.29, 1.82) is 0 Å². The highest BCUT2D eigenvalue weighted by molar-refractivity contribution is 5.14. The van der Waals surface area contributed by atoms with E-state index in [1.807, 2.05) is 32.2 Å². The lowest BCUT2D eigenvalue weighted by molar-refractivity contribution is 0.138. The maximum Gasteiger partial charge on any atom is 0.0639 e. The molecule has 0 unspecified atom stereocenters. The number of benzene rings is 1. The fourth-order valence-electron chi connectivity index (χ4n) is 1.41. The van der Waals surface area contributed by atoms with Crippen molar-refractivity contribution < 1.29 is 5.11 Å². The molecule has 0 bridgehead atoms. The predicted molar refractivity (Wildman–Crippen MR) is 54.5 cm³/mol. The van der Waals surface area contributed by atoms with Gasteiger partial charge in [-0.3, -0.25) is 4.90 Å². The minimum absolute atomic E-state index is 0.256. The first kappa shape index (κ1) is 10.2. The van der Waals surface area contributed by atoms with E-state index in [-0.39, 0.29) is 6.10 Å². The molecule has 0 amide bonds. The second kappa shape index (κ2) is 5.00. The largest absolute Gasteiger partial charge is 0.392 e. The number of aliphatic hydroxyl groups excluding tert-OH is 1. The Morgan fingerprint density at radius 1 is 1.31 bits per heavy atom. The summed E-state index contributed by atoms with van der Waals surface area (Å²) >= 11 is 0. The van der Waals surface area contributed by atoms with Crippen molar-refractivity contribution in [2.75, 3.05) is 13.6 Å². The van der Waals surface area contributed by atoms with Gasteiger partial charge in [0.25, 0.3) is 0 Å². The van der Waals surface area contributed by atoms with Crippen LogP contribution in [0.4, 0.5) is 0 Å². The van der Waals surface area contributed by atoms with Gasteiger partial charge in [-0.2, -0.15) is 0 Å². The summed E-state index contributed by atoms with van der Waals surface area (Å²) in [4.78, 5) is 2.11. The predicted octanol–water partition coefficient (Wildman–Crippen LogP) is 1.50. The zero-order valence-electron chi connectivity index (χ0n) is 8.27. The molecule has 0 spiro atoms. The van der Waals surface area contributed by atoms with Crippen LogP contribution in [-0.4, -0.2) is 29.7 Å². The molecule has 0 aliphatic rings. The minimum atomic E-state index is -0.256. The minimum Gasteiger partial charge on any atom is -0.392 e. The topological polar surface area (TPSA) is 23.5 Å². The van der Waals surface area contributed by atoms with Crippen LogP contribution in [0.25, 0.3) is 0 Å². The van der Waals surface area contributed by atoms with Crippen molar-refractivity contribution >= 4 is 0 Å². The van der Waals surface area contributed by atoms with E-state index in [0.717, 1.165) is 13.1 Å². The first-order valence-corrected chi connectivity index (χ1v) is 4.59. The van der Waals surface area contributed by atoms with Crippen molar-refractivity contribution in [2.24, 2.45) is 0 Å². The Balaban J connectivity index is 2.41. The molecule has 1 atom stereocenters. The average Bonchev–Trinajstić information content (AvgIpc) is 2.04. The Bertz CT molecular complexity index is 233. The second-order valence-electron chi connectivity index (χ2n) is 3.53. The summed E-state index contributed by atoms with van der Waals surface area (Å²) < 4.78 is 0. The number of likely N-dealkylation sites (N-methyl/N-ethyl adjacent to an activating group) is 1. The number of aliphatic hydroxyl groups is 1. The molecular formula is C11H17NO. The summed E-state index contributed by atoms with van der Waals surface area (Å²) in [5, 5.41) is 9.16. The molecule has 0 saturated heterocycles. The van der Waals surface area contributed by atoms with Gasteiger partial charge >= 0.3 is 0 Å². The fourth-order valence-corrected chi connectivity index (χ4v) is 1.41. The Morgan fingerprint density at radius 3 is 2.46 bits per heavy atom. The van der Waals surface area contributed by atoms with E-state index in [2.05, 4.69) is 17.0 Å². The van der Waals surface area contributed by atoms with Crippen LogP contribution in [0.5, 0.6) is 0 Å². The third-order valence-electron chi connectivity index (χ3n) is 1.87. The molecule has 0 aliphatic heterocycles. The van der Waals surface area contributed by atoms with Gasteiger partial charge in [0.1, 0.15) is 0 Å². The van der Waals surface area contributed by atoms with Crippen LogP contribution < -0.4 is 0 Å². The quantitative estimate of drug-likeness (QED) is 0.757. The Morgan fingerprint density at radius 2 is 1.92 bits per heavy atom. The zero-order chi connectivity index (χ0) is 9.68. The molecule has 1 aromatic carbocycles. The van der Waals surface area contributed by atoms with Gasteiger partial charge in [-0.1, -0.05) is 30.3 Å². The maximum atomic E-state index is 9.16. The van der Waals surface area contributed by atoms with Gasteiger partial charge in [0, 0.05) is 13.1 Å². The zero-order valence-corrected chi connectivity index (χ0v) is 8.27. The number of hydrogen-bond acceptors (Lipinski definition) is 2. The van der Waals surface area contributed by atoms with Crippen LogP contribution in [0.1, 0.15) is 12.5 Å². The summed E-state index contributed by atoms with van der Waals surface area (Å²) in [6.07, 6.45) is -0.256. The van der Waals surface area contributed by atoms with Crippen LogP contribution in [0.15, 0.2) is 30.3 Å². The lowest BCUT2D eigenvalue weighted by Gasteiger charge is -2.17. The average molecular weight is 179 g/mol. The van der Waals surface area contributed by atoms with Gasteiger partial charge in [0.05, 0.1) is 6.10 Å². The fraction of sp³-hybridized carbons (Fsp3) is 0.455. The number of nitrogens with zero attached hydrogens (tertiary/aromatic N) is 1. The van der Waals surface area contributed by atoms with E-state index in [1.165, 1.54) is 5.56 Å². The van der Waals surface area contributed by atoms with Crippen LogP contribution >= 0.6 is 0 Å². The summed E-state index contributed by atoms with van der Waals surface area (Å²) in [5.74, 6) is 0. The van der Waals surface area contributed by atoms with Crippen molar-refractivity contribution in [1.82, 2.24) is 4.90 Å². The molecule has 2 heteroatoms. The second-order valence-corrected chi connectivity index (χ2v) is 3.53. The van der Waals surface area contributed by atoms with Crippen molar-refractivity contribution in [3.8, 4) is 0 Å². The SMILES string of the molecule is C[C@@H](O)CN(C)Cc1ccccc1. The lowest BCUT2D eigenvalue weighted by atomic mass is 10.2. The van der Waals surface area contributed by atoms with Gasteiger partial charge < -0.3 is 5.11 Å². The summed E-state index contributed by atoms with van der Waals surface area (Å²) in [7, 11) is 2.01. The normalized spacial score (nSPS) is 13.2. The molecule has 0 radical (unpaired) electrons. The highest BCUT2D eigenvalue weighted by Gasteiger charge is 2.02. The van der Waals surface area contributed by atoms with E-state index in [0.29, 0.717) is 0 Å². The van der Waals surface area contributed by atoms with Crippen LogP contribution in [0.3, 0.4) is 0 Å². The highest BCUT2D eigenvalue weighted by atomic mass is 16.3. The summed E-state index contributed by atoms with van der Waals surface area (Å²) in [5.41, 5.74) is 1.28. The van der Waals surface area contributed by atoms with Gasteiger partial charge in [0.2, 0.25) is 0 Å². The molecular weight excluding hydrogens is 162 g/mol. The van der Waals surface area contributed by atoms with Crippen molar-refractivity contribution in [3.05, 3.63) is 35.9 Å². The van der Waals surface area contributed by atoms with Gasteiger partial charge in [0.15, 0.2) is 0 Å². The van der Waals surface area contributed by atoms with Crippen molar-refractivity contribution in [3.63, 3.8) is 0 Å². The van der Waals surface area contributed by atoms with Crippen LogP contribution in [0, 0.1) is 0 Å². The number of hydrogen-bond donors (Lipinski definition) is 1. The van der Waals surface area contributed by atoms with Gasteiger partial charge in [-0.15, -0.1) is 0 Å². The lowest BCUT2D eigenvalue weighted by Crippen LogP contribution is -2.26. The molecule has 0 aromatic heterocycles.